The summed E-state index contributed by atoms with van der Waals surface area (Å²) < 4.78 is 31.7. The number of nitrogens with zero attached hydrogens (tertiary/aromatic N) is 1. The zero-order valence-corrected chi connectivity index (χ0v) is 21.2. The van der Waals surface area contributed by atoms with Gasteiger partial charge >= 0.3 is 5.97 Å². The molecule has 0 bridgehead atoms. The number of hydrogen-bond acceptors (Lipinski definition) is 9. The Morgan fingerprint density at radius 1 is 0.972 bits per heavy atom. The molecule has 1 aromatic rings. The monoisotopic (exact) mass is 529 g/mol. The molecule has 0 saturated carbocycles. The van der Waals surface area contributed by atoms with Crippen LogP contribution < -0.4 is 20.7 Å². The summed E-state index contributed by atoms with van der Waals surface area (Å²) in [7, 11) is -2.74. The first-order chi connectivity index (χ1) is 16.8. The van der Waals surface area contributed by atoms with Gasteiger partial charge in [0.1, 0.15) is 18.1 Å². The van der Waals surface area contributed by atoms with Crippen molar-refractivity contribution < 1.29 is 37.3 Å². The van der Waals surface area contributed by atoms with E-state index in [4.69, 9.17) is 0 Å². The maximum Gasteiger partial charge on any atom is 0.328 e. The van der Waals surface area contributed by atoms with E-state index in [1.807, 2.05) is 0 Å². The van der Waals surface area contributed by atoms with Gasteiger partial charge in [0, 0.05) is 25.6 Å². The first-order valence-corrected chi connectivity index (χ1v) is 12.5. The summed E-state index contributed by atoms with van der Waals surface area (Å²) in [6, 6.07) is 1.46. The van der Waals surface area contributed by atoms with Crippen molar-refractivity contribution >= 4 is 39.4 Å². The Morgan fingerprint density at radius 2 is 1.58 bits per heavy atom. The fourth-order valence-electron chi connectivity index (χ4n) is 3.00. The normalized spacial score (nSPS) is 13.6. The SMILES string of the molecule is COC(=O)[C@H](C)NC(=O)[C@H](CCCCNS(=O)(=O)c1ccc([N+](=O)[O-])cc1)NC(=O)[C@H](C)NC(C)=O. The summed E-state index contributed by atoms with van der Waals surface area (Å²) in [5.74, 6) is -2.38. The largest absolute Gasteiger partial charge is 0.467 e. The number of hydrogen-bond donors (Lipinski definition) is 4. The first-order valence-electron chi connectivity index (χ1n) is 11.0. The van der Waals surface area contributed by atoms with Crippen LogP contribution in [0.4, 0.5) is 5.69 Å². The Morgan fingerprint density at radius 3 is 2.11 bits per heavy atom. The second-order valence-corrected chi connectivity index (χ2v) is 9.65. The lowest BCUT2D eigenvalue weighted by Gasteiger charge is -2.22. The Hall–Kier alpha value is -3.59. The highest BCUT2D eigenvalue weighted by atomic mass is 32.2. The Bertz CT molecular complexity index is 1060. The number of carbonyl (C=O) groups is 4. The third kappa shape index (κ3) is 9.95. The van der Waals surface area contributed by atoms with Gasteiger partial charge in [0.2, 0.25) is 27.7 Å². The molecule has 0 saturated heterocycles. The third-order valence-electron chi connectivity index (χ3n) is 4.93. The molecule has 1 rings (SSSR count). The van der Waals surface area contributed by atoms with Crippen molar-refractivity contribution in [1.82, 2.24) is 20.7 Å². The number of nitrogens with one attached hydrogen (secondary N) is 4. The average Bonchev–Trinajstić information content (AvgIpc) is 2.81. The minimum Gasteiger partial charge on any atom is -0.467 e. The quantitative estimate of drug-likeness (QED) is 0.108. The van der Waals surface area contributed by atoms with E-state index in [-0.39, 0.29) is 23.5 Å². The molecule has 0 fully saturated rings. The van der Waals surface area contributed by atoms with Gasteiger partial charge in [-0.05, 0) is 45.2 Å². The standard InChI is InChI=1S/C21H31N5O9S/c1-13(23-15(3)27)19(28)25-18(20(29)24-14(2)21(30)35-4)7-5-6-12-22-36(33,34)17-10-8-16(9-11-17)26(31)32/h8-11,13-14,18,22H,5-7,12H2,1-4H3,(H,23,27)(H,24,29)(H,25,28)/t13-,14-,18-/m0/s1. The number of nitro groups is 1. The number of benzene rings is 1. The second kappa shape index (κ2) is 14.1. The van der Waals surface area contributed by atoms with Crippen LogP contribution in [0.2, 0.25) is 0 Å². The van der Waals surface area contributed by atoms with E-state index < -0.39 is 56.8 Å². The van der Waals surface area contributed by atoms with Gasteiger partial charge in [-0.15, -0.1) is 0 Å². The topological polar surface area (TPSA) is 203 Å². The van der Waals surface area contributed by atoms with Crippen LogP contribution in [0.15, 0.2) is 29.2 Å². The summed E-state index contributed by atoms with van der Waals surface area (Å²) in [6.45, 7) is 4.09. The lowest BCUT2D eigenvalue weighted by atomic mass is 10.1. The fourth-order valence-corrected chi connectivity index (χ4v) is 4.07. The minimum atomic E-state index is -3.90. The fraction of sp³-hybridized carbons (Fsp3) is 0.524. The Kier molecular flexibility index (Phi) is 11.9. The van der Waals surface area contributed by atoms with Crippen LogP contribution in [0, 0.1) is 10.1 Å². The summed E-state index contributed by atoms with van der Waals surface area (Å²) in [5.41, 5.74) is -0.241. The number of carbonyl (C=O) groups excluding carboxylic acids is 4. The molecule has 36 heavy (non-hydrogen) atoms. The van der Waals surface area contributed by atoms with Crippen LogP contribution in [0.25, 0.3) is 0 Å². The second-order valence-electron chi connectivity index (χ2n) is 7.88. The lowest BCUT2D eigenvalue weighted by Crippen LogP contribution is -2.54. The van der Waals surface area contributed by atoms with Crippen molar-refractivity contribution in [3.63, 3.8) is 0 Å². The van der Waals surface area contributed by atoms with Crippen molar-refractivity contribution in [2.75, 3.05) is 13.7 Å². The maximum absolute atomic E-state index is 12.7. The lowest BCUT2D eigenvalue weighted by molar-refractivity contribution is -0.384. The Balaban J connectivity index is 2.72. The van der Waals surface area contributed by atoms with Crippen LogP contribution in [0.5, 0.6) is 0 Å². The van der Waals surface area contributed by atoms with Gasteiger partial charge < -0.3 is 20.7 Å². The zero-order valence-electron chi connectivity index (χ0n) is 20.4. The van der Waals surface area contributed by atoms with Crippen molar-refractivity contribution in [3.8, 4) is 0 Å². The smallest absolute Gasteiger partial charge is 0.328 e. The van der Waals surface area contributed by atoms with Crippen LogP contribution in [0.1, 0.15) is 40.0 Å². The molecule has 3 atom stereocenters. The number of amides is 3. The van der Waals surface area contributed by atoms with Gasteiger partial charge in [-0.3, -0.25) is 24.5 Å². The summed E-state index contributed by atoms with van der Waals surface area (Å²) in [4.78, 5) is 57.8. The molecule has 14 nitrogen and oxygen atoms in total. The highest BCUT2D eigenvalue weighted by Gasteiger charge is 2.26. The van der Waals surface area contributed by atoms with E-state index in [0.29, 0.717) is 12.8 Å². The number of methoxy groups -OCH3 is 1. The van der Waals surface area contributed by atoms with Gasteiger partial charge in [0.05, 0.1) is 16.9 Å². The van der Waals surface area contributed by atoms with Crippen LogP contribution >= 0.6 is 0 Å². The van der Waals surface area contributed by atoms with E-state index in [2.05, 4.69) is 25.4 Å². The van der Waals surface area contributed by atoms with Crippen LogP contribution in [-0.2, 0) is 33.9 Å². The van der Waals surface area contributed by atoms with Crippen molar-refractivity contribution in [2.45, 2.75) is 63.1 Å². The molecule has 0 aliphatic heterocycles. The van der Waals surface area contributed by atoms with E-state index in [0.717, 1.165) is 31.4 Å². The van der Waals surface area contributed by atoms with Gasteiger partial charge in [0.25, 0.3) is 5.69 Å². The van der Waals surface area contributed by atoms with E-state index in [1.165, 1.54) is 20.8 Å². The van der Waals surface area contributed by atoms with Gasteiger partial charge in [0.15, 0.2) is 0 Å². The molecule has 0 aromatic heterocycles. The number of ether oxygens (including phenoxy) is 1. The third-order valence-corrected chi connectivity index (χ3v) is 6.41. The number of nitro benzene ring substituents is 1. The molecule has 3 amide bonds. The molecular formula is C21H31N5O9S. The molecular weight excluding hydrogens is 498 g/mol. The van der Waals surface area contributed by atoms with Crippen molar-refractivity contribution in [1.29, 1.82) is 0 Å². The van der Waals surface area contributed by atoms with Crippen LogP contribution in [-0.4, -0.2) is 68.8 Å². The number of sulfonamides is 1. The molecule has 15 heteroatoms. The van der Waals surface area contributed by atoms with Gasteiger partial charge in [-0.1, -0.05) is 0 Å². The van der Waals surface area contributed by atoms with Crippen molar-refractivity contribution in [2.24, 2.45) is 0 Å². The zero-order chi connectivity index (χ0) is 27.5. The predicted octanol–water partition coefficient (Wildman–Crippen LogP) is -0.269. The molecule has 4 N–H and O–H groups in total. The predicted molar refractivity (Wildman–Crippen MR) is 127 cm³/mol. The van der Waals surface area contributed by atoms with Crippen molar-refractivity contribution in [3.05, 3.63) is 34.4 Å². The molecule has 200 valence electrons. The molecule has 1 aromatic carbocycles. The van der Waals surface area contributed by atoms with Gasteiger partial charge in [-0.2, -0.15) is 0 Å². The summed E-state index contributed by atoms with van der Waals surface area (Å²) >= 11 is 0. The summed E-state index contributed by atoms with van der Waals surface area (Å²) in [5, 5.41) is 18.1. The minimum absolute atomic E-state index is 0.00245. The average molecular weight is 530 g/mol. The highest BCUT2D eigenvalue weighted by Crippen LogP contribution is 2.15. The summed E-state index contributed by atoms with van der Waals surface area (Å²) in [6.07, 6.45) is 0.708. The molecule has 0 aliphatic rings. The van der Waals surface area contributed by atoms with E-state index in [9.17, 15) is 37.7 Å². The highest BCUT2D eigenvalue weighted by molar-refractivity contribution is 7.89. The number of rotatable bonds is 14. The molecule has 0 radical (unpaired) electrons. The number of esters is 1. The number of non-ortho nitro benzene ring substituents is 1. The number of unbranched alkanes of at least 4 members (excludes halogenated alkanes) is 1. The first kappa shape index (κ1) is 30.4. The molecule has 0 aliphatic carbocycles. The molecule has 0 unspecified atom stereocenters. The van der Waals surface area contributed by atoms with Gasteiger partial charge in [-0.25, -0.2) is 17.9 Å². The molecule has 0 heterocycles. The van der Waals surface area contributed by atoms with Crippen LogP contribution in [0.3, 0.4) is 0 Å². The molecule has 0 spiro atoms. The van der Waals surface area contributed by atoms with E-state index in [1.54, 1.807) is 0 Å². The Labute approximate surface area is 208 Å². The van der Waals surface area contributed by atoms with E-state index >= 15 is 0 Å². The maximum atomic E-state index is 12.7.